The molecule has 0 spiro atoms. The van der Waals surface area contributed by atoms with E-state index in [-0.39, 0.29) is 6.15 Å². The van der Waals surface area contributed by atoms with Crippen LogP contribution < -0.4 is 6.15 Å². The summed E-state index contributed by atoms with van der Waals surface area (Å²) in [6.45, 7) is 3.85. The molecule has 62 valence electrons. The lowest BCUT2D eigenvalue weighted by Crippen LogP contribution is -2.38. The number of hydrogen-bond acceptors (Lipinski definition) is 5. The van der Waals surface area contributed by atoms with Crippen molar-refractivity contribution in [1.29, 1.82) is 0 Å². The zero-order chi connectivity index (χ0) is 6.81. The van der Waals surface area contributed by atoms with E-state index in [1.54, 1.807) is 0 Å². The number of aliphatic imine (C=N–C) groups is 2. The summed E-state index contributed by atoms with van der Waals surface area (Å²) in [7, 11) is 0. The second-order valence-electron chi connectivity index (χ2n) is 2.37. The third kappa shape index (κ3) is 1.48. The van der Waals surface area contributed by atoms with Crippen molar-refractivity contribution in [1.82, 2.24) is 16.2 Å². The fraction of sp³-hybridized carbons (Fsp3) is 0.667. The Kier molecular flexibility index (Phi) is 2.43. The molecule has 2 rings (SSSR count). The van der Waals surface area contributed by atoms with Gasteiger partial charge in [-0.25, -0.2) is 0 Å². The molecule has 0 amide bonds. The van der Waals surface area contributed by atoms with E-state index in [9.17, 15) is 0 Å². The first-order valence-corrected chi connectivity index (χ1v) is 3.50. The molecule has 2 aliphatic rings. The molecule has 0 aromatic carbocycles. The van der Waals surface area contributed by atoms with Gasteiger partial charge in [-0.3, -0.25) is 20.0 Å². The Labute approximate surface area is 66.0 Å². The lowest BCUT2D eigenvalue weighted by Gasteiger charge is -2.24. The largest absolute Gasteiger partial charge is 0.344 e. The number of nitrogens with zero attached hydrogens (tertiary/aromatic N) is 4. The minimum Gasteiger partial charge on any atom is -0.344 e. The van der Waals surface area contributed by atoms with Gasteiger partial charge >= 0.3 is 0 Å². The van der Waals surface area contributed by atoms with E-state index in [1.807, 2.05) is 12.7 Å². The zero-order valence-electron chi connectivity index (χ0n) is 6.48. The molecule has 11 heavy (non-hydrogen) atoms. The van der Waals surface area contributed by atoms with Crippen molar-refractivity contribution < 1.29 is 0 Å². The van der Waals surface area contributed by atoms with Gasteiger partial charge in [-0.15, -0.1) is 0 Å². The molecule has 0 aromatic heterocycles. The Morgan fingerprint density at radius 1 is 0.909 bits per heavy atom. The number of rotatable bonds is 1. The van der Waals surface area contributed by atoms with E-state index >= 15 is 0 Å². The molecule has 5 heteroatoms. The first-order valence-electron chi connectivity index (χ1n) is 3.50. The minimum absolute atomic E-state index is 0. The topological polar surface area (TPSA) is 66.2 Å². The lowest BCUT2D eigenvalue weighted by atomic mass is 10.6. The average Bonchev–Trinajstić information content (AvgIpc) is 2.59. The molecule has 5 nitrogen and oxygen atoms in total. The second kappa shape index (κ2) is 3.34. The molecule has 0 unspecified atom stereocenters. The van der Waals surface area contributed by atoms with Gasteiger partial charge in [-0.2, -0.15) is 0 Å². The first-order chi connectivity index (χ1) is 4.97. The van der Waals surface area contributed by atoms with Crippen molar-refractivity contribution >= 4 is 12.7 Å². The van der Waals surface area contributed by atoms with E-state index in [2.05, 4.69) is 20.0 Å². The monoisotopic (exact) mass is 155 g/mol. The van der Waals surface area contributed by atoms with Crippen LogP contribution in [0.15, 0.2) is 9.98 Å². The van der Waals surface area contributed by atoms with Crippen LogP contribution in [0.5, 0.6) is 0 Å². The van der Waals surface area contributed by atoms with Crippen molar-refractivity contribution in [3.05, 3.63) is 0 Å². The minimum atomic E-state index is 0. The van der Waals surface area contributed by atoms with Crippen molar-refractivity contribution in [3.8, 4) is 0 Å². The van der Waals surface area contributed by atoms with Crippen LogP contribution in [0.1, 0.15) is 0 Å². The van der Waals surface area contributed by atoms with E-state index in [0.717, 1.165) is 26.2 Å². The molecule has 0 aromatic rings. The van der Waals surface area contributed by atoms with E-state index in [0.29, 0.717) is 0 Å². The Bertz CT molecular complexity index is 156. The summed E-state index contributed by atoms with van der Waals surface area (Å²) >= 11 is 0. The quantitative estimate of drug-likeness (QED) is 0.568. The molecule has 0 aliphatic carbocycles. The predicted molar refractivity (Wildman–Crippen MR) is 45.2 cm³/mol. The van der Waals surface area contributed by atoms with Crippen LogP contribution >= 0.6 is 0 Å². The Balaban J connectivity index is 0.000000605. The molecular weight excluding hydrogens is 142 g/mol. The normalized spacial score (nSPS) is 21.1. The fourth-order valence-electron chi connectivity index (χ4n) is 1.13. The van der Waals surface area contributed by atoms with E-state index in [4.69, 9.17) is 0 Å². The molecule has 0 fully saturated rings. The fourth-order valence-corrected chi connectivity index (χ4v) is 1.13. The molecule has 0 saturated carbocycles. The third-order valence-corrected chi connectivity index (χ3v) is 1.68. The van der Waals surface area contributed by atoms with Crippen LogP contribution in [0.2, 0.25) is 0 Å². The van der Waals surface area contributed by atoms with Gasteiger partial charge in [0, 0.05) is 0 Å². The highest BCUT2D eigenvalue weighted by molar-refractivity contribution is 5.64. The lowest BCUT2D eigenvalue weighted by molar-refractivity contribution is 0.176. The molecule has 2 heterocycles. The summed E-state index contributed by atoms with van der Waals surface area (Å²) in [4.78, 5) is 8.21. The molecular formula is C6H13N5. The van der Waals surface area contributed by atoms with Gasteiger partial charge in [0.15, 0.2) is 0 Å². The Morgan fingerprint density at radius 2 is 1.36 bits per heavy atom. The standard InChI is InChI=1S/C6H10N4.H3N/c1-3-9(5-7-1)10-4-2-8-6-10;/h5-6H,1-4H2;1H3. The van der Waals surface area contributed by atoms with E-state index in [1.165, 1.54) is 0 Å². The van der Waals surface area contributed by atoms with Gasteiger partial charge in [-0.05, 0) is 0 Å². The summed E-state index contributed by atoms with van der Waals surface area (Å²) in [5, 5.41) is 4.19. The highest BCUT2D eigenvalue weighted by atomic mass is 15.6. The van der Waals surface area contributed by atoms with Crippen molar-refractivity contribution in [3.63, 3.8) is 0 Å². The first kappa shape index (κ1) is 8.00. The van der Waals surface area contributed by atoms with Crippen molar-refractivity contribution in [2.75, 3.05) is 26.2 Å². The molecule has 0 saturated heterocycles. The van der Waals surface area contributed by atoms with Gasteiger partial charge in [-0.1, -0.05) is 0 Å². The van der Waals surface area contributed by atoms with Crippen LogP contribution in [0.3, 0.4) is 0 Å². The Morgan fingerprint density at radius 3 is 1.64 bits per heavy atom. The van der Waals surface area contributed by atoms with Gasteiger partial charge in [0.1, 0.15) is 12.7 Å². The predicted octanol–water partition coefficient (Wildman–Crippen LogP) is -0.249. The van der Waals surface area contributed by atoms with Gasteiger partial charge in [0.05, 0.1) is 26.2 Å². The molecule has 3 N–H and O–H groups in total. The van der Waals surface area contributed by atoms with Gasteiger partial charge < -0.3 is 6.15 Å². The molecule has 0 bridgehead atoms. The summed E-state index contributed by atoms with van der Waals surface area (Å²) in [6.07, 6.45) is 3.74. The maximum atomic E-state index is 4.11. The smallest absolute Gasteiger partial charge is 0.104 e. The van der Waals surface area contributed by atoms with Crippen LogP contribution in [0.4, 0.5) is 0 Å². The van der Waals surface area contributed by atoms with Gasteiger partial charge in [0.2, 0.25) is 0 Å². The van der Waals surface area contributed by atoms with Crippen molar-refractivity contribution in [2.45, 2.75) is 0 Å². The maximum absolute atomic E-state index is 4.11. The number of hydrazine groups is 1. The van der Waals surface area contributed by atoms with E-state index < -0.39 is 0 Å². The van der Waals surface area contributed by atoms with Crippen LogP contribution in [-0.4, -0.2) is 48.9 Å². The maximum Gasteiger partial charge on any atom is 0.104 e. The zero-order valence-corrected chi connectivity index (χ0v) is 6.48. The molecule has 0 atom stereocenters. The SMILES string of the molecule is C1=NCCN1N1C=NCC1.N. The highest BCUT2D eigenvalue weighted by Gasteiger charge is 2.14. The summed E-state index contributed by atoms with van der Waals surface area (Å²) in [5.41, 5.74) is 0. The van der Waals surface area contributed by atoms with Crippen LogP contribution in [0, 0.1) is 0 Å². The third-order valence-electron chi connectivity index (χ3n) is 1.68. The molecule has 0 radical (unpaired) electrons. The van der Waals surface area contributed by atoms with Crippen LogP contribution in [0.25, 0.3) is 0 Å². The van der Waals surface area contributed by atoms with Crippen LogP contribution in [-0.2, 0) is 0 Å². The Hall–Kier alpha value is -1.10. The summed E-state index contributed by atoms with van der Waals surface area (Å²) in [5.74, 6) is 0. The van der Waals surface area contributed by atoms with Crippen molar-refractivity contribution in [2.24, 2.45) is 9.98 Å². The summed E-state index contributed by atoms with van der Waals surface area (Å²) in [6, 6.07) is 0. The average molecular weight is 155 g/mol. The van der Waals surface area contributed by atoms with Gasteiger partial charge in [0.25, 0.3) is 0 Å². The summed E-state index contributed by atoms with van der Waals surface area (Å²) < 4.78 is 0. The second-order valence-corrected chi connectivity index (χ2v) is 2.37. The highest BCUT2D eigenvalue weighted by Crippen LogP contribution is 2.01. The number of hydrogen-bond donors (Lipinski definition) is 1. The molecule has 2 aliphatic heterocycles.